The fourth-order valence-electron chi connectivity index (χ4n) is 6.33. The Kier molecular flexibility index (Phi) is 9.49. The number of hydrogen-bond donors (Lipinski definition) is 0. The first kappa shape index (κ1) is 30.2. The summed E-state index contributed by atoms with van der Waals surface area (Å²) in [7, 11) is 0. The molecule has 0 heterocycles. The van der Waals surface area contributed by atoms with Gasteiger partial charge in [0.15, 0.2) is 0 Å². The maximum atomic E-state index is 4.96. The number of aliphatic imine (C=N–C) groups is 3. The normalized spacial score (nSPS) is 12.3. The summed E-state index contributed by atoms with van der Waals surface area (Å²) >= 11 is 0. The predicted octanol–water partition coefficient (Wildman–Crippen LogP) is 9.26. The Balaban J connectivity index is 1.07. The second kappa shape index (κ2) is 14.8. The molecule has 4 heteroatoms. The predicted molar refractivity (Wildman–Crippen MR) is 203 cm³/mol. The van der Waals surface area contributed by atoms with E-state index in [4.69, 9.17) is 15.0 Å². The van der Waals surface area contributed by atoms with Crippen molar-refractivity contribution >= 4 is 61.7 Å². The molecule has 0 saturated heterocycles. The molecule has 7 aromatic carbocycles. The maximum absolute atomic E-state index is 4.96. The van der Waals surface area contributed by atoms with Crippen molar-refractivity contribution < 1.29 is 0 Å². The van der Waals surface area contributed by atoms with E-state index in [-0.39, 0.29) is 0 Å². The molecule has 47 heavy (non-hydrogen) atoms. The maximum Gasteiger partial charge on any atom is 0.0517 e. The van der Waals surface area contributed by atoms with Crippen LogP contribution in [0.15, 0.2) is 155 Å². The zero-order valence-corrected chi connectivity index (χ0v) is 26.5. The molecule has 0 fully saturated rings. The Hall–Kier alpha value is -5.45. The summed E-state index contributed by atoms with van der Waals surface area (Å²) in [5.41, 5.74) is 3.49. The molecule has 0 atom stereocenters. The first-order chi connectivity index (χ1) is 23.3. The van der Waals surface area contributed by atoms with Gasteiger partial charge in [0, 0.05) is 49.4 Å². The van der Waals surface area contributed by atoms with Crippen LogP contribution in [-0.4, -0.2) is 62.8 Å². The van der Waals surface area contributed by atoms with Crippen molar-refractivity contribution in [2.45, 2.75) is 0 Å². The third kappa shape index (κ3) is 7.19. The van der Waals surface area contributed by atoms with Crippen molar-refractivity contribution in [3.8, 4) is 0 Å². The van der Waals surface area contributed by atoms with E-state index in [0.717, 1.165) is 31.7 Å². The average Bonchev–Trinajstić information content (AvgIpc) is 3.12. The highest BCUT2D eigenvalue weighted by atomic mass is 15.1. The number of benzene rings is 7. The molecule has 0 aliphatic rings. The SMILES string of the molecule is C(=NCCN(CCN=Cc1c2ccccc2cc2ccccc12)CCN=Cc1c2ccccc2cc2ccccc12)c1ccccc1. The molecule has 0 aromatic heterocycles. The van der Waals surface area contributed by atoms with E-state index < -0.39 is 0 Å². The summed E-state index contributed by atoms with van der Waals surface area (Å²) in [5, 5.41) is 9.89. The van der Waals surface area contributed by atoms with Crippen LogP contribution in [0, 0.1) is 0 Å². The lowest BCUT2D eigenvalue weighted by molar-refractivity contribution is 0.298. The van der Waals surface area contributed by atoms with Crippen molar-refractivity contribution in [1.29, 1.82) is 0 Å². The lowest BCUT2D eigenvalue weighted by Gasteiger charge is -2.19. The monoisotopic (exact) mass is 610 g/mol. The fraction of sp³-hybridized carbons (Fsp3) is 0.140. The minimum Gasteiger partial charge on any atom is -0.298 e. The molecule has 7 aromatic rings. The average molecular weight is 611 g/mol. The van der Waals surface area contributed by atoms with Gasteiger partial charge in [-0.1, -0.05) is 127 Å². The van der Waals surface area contributed by atoms with E-state index in [1.165, 1.54) is 54.2 Å². The standard InChI is InChI=1S/C43H38N4/c1-2-12-33(13-3-1)30-44-22-25-47(26-23-45-31-42-38-18-8-4-14-34(38)28-35-15-5-9-19-39(35)42)27-24-46-32-43-40-20-10-6-16-36(40)29-37-17-7-11-21-41(37)43/h1-21,28-32H,22-27H2. The zero-order valence-electron chi connectivity index (χ0n) is 26.5. The Bertz CT molecular complexity index is 1970. The van der Waals surface area contributed by atoms with Gasteiger partial charge in [0.2, 0.25) is 0 Å². The molecule has 0 bridgehead atoms. The van der Waals surface area contributed by atoms with Gasteiger partial charge in [-0.15, -0.1) is 0 Å². The van der Waals surface area contributed by atoms with E-state index in [1.807, 2.05) is 24.4 Å². The molecule has 0 saturated carbocycles. The summed E-state index contributed by atoms with van der Waals surface area (Å²) in [4.78, 5) is 17.1. The van der Waals surface area contributed by atoms with Gasteiger partial charge in [0.1, 0.15) is 0 Å². The largest absolute Gasteiger partial charge is 0.298 e. The van der Waals surface area contributed by atoms with E-state index in [2.05, 4.69) is 139 Å². The second-order valence-electron chi connectivity index (χ2n) is 11.8. The Labute approximate surface area is 276 Å². The Morgan fingerprint density at radius 2 is 0.723 bits per heavy atom. The molecule has 0 aliphatic carbocycles. The summed E-state index contributed by atoms with van der Waals surface area (Å²) in [6.45, 7) is 4.67. The lowest BCUT2D eigenvalue weighted by atomic mass is 9.97. The summed E-state index contributed by atoms with van der Waals surface area (Å²) in [5.74, 6) is 0. The molecule has 4 nitrogen and oxygen atoms in total. The van der Waals surface area contributed by atoms with Crippen molar-refractivity contribution in [2.24, 2.45) is 15.0 Å². The molecule has 0 N–H and O–H groups in total. The summed E-state index contributed by atoms with van der Waals surface area (Å²) < 4.78 is 0. The molecule has 0 aliphatic heterocycles. The lowest BCUT2D eigenvalue weighted by Crippen LogP contribution is -2.31. The Morgan fingerprint density at radius 1 is 0.383 bits per heavy atom. The molecule has 230 valence electrons. The van der Waals surface area contributed by atoms with Crippen LogP contribution < -0.4 is 0 Å². The molecule has 0 spiro atoms. The first-order valence-corrected chi connectivity index (χ1v) is 16.4. The van der Waals surface area contributed by atoms with Crippen molar-refractivity contribution in [3.63, 3.8) is 0 Å². The van der Waals surface area contributed by atoms with Gasteiger partial charge in [-0.05, 0) is 60.8 Å². The van der Waals surface area contributed by atoms with E-state index in [0.29, 0.717) is 13.1 Å². The molecular formula is C43H38N4. The van der Waals surface area contributed by atoms with Crippen LogP contribution in [0.25, 0.3) is 43.1 Å². The van der Waals surface area contributed by atoms with Crippen LogP contribution in [0.3, 0.4) is 0 Å². The molecule has 7 rings (SSSR count). The van der Waals surface area contributed by atoms with Crippen LogP contribution in [0.1, 0.15) is 16.7 Å². The number of hydrogen-bond acceptors (Lipinski definition) is 4. The summed E-state index contributed by atoms with van der Waals surface area (Å²) in [6.07, 6.45) is 6.10. The van der Waals surface area contributed by atoms with Gasteiger partial charge < -0.3 is 0 Å². The fourth-order valence-corrected chi connectivity index (χ4v) is 6.33. The quantitative estimate of drug-likeness (QED) is 0.100. The minimum absolute atomic E-state index is 0.706. The van der Waals surface area contributed by atoms with Crippen LogP contribution >= 0.6 is 0 Å². The van der Waals surface area contributed by atoms with Crippen molar-refractivity contribution in [1.82, 2.24) is 4.90 Å². The number of fused-ring (bicyclic) bond motifs is 4. The third-order valence-electron chi connectivity index (χ3n) is 8.74. The van der Waals surface area contributed by atoms with Crippen LogP contribution in [-0.2, 0) is 0 Å². The first-order valence-electron chi connectivity index (χ1n) is 16.4. The number of rotatable bonds is 12. The Morgan fingerprint density at radius 3 is 1.13 bits per heavy atom. The highest BCUT2D eigenvalue weighted by Crippen LogP contribution is 2.28. The topological polar surface area (TPSA) is 40.3 Å². The van der Waals surface area contributed by atoms with Gasteiger partial charge in [-0.2, -0.15) is 0 Å². The highest BCUT2D eigenvalue weighted by Gasteiger charge is 2.08. The van der Waals surface area contributed by atoms with Gasteiger partial charge >= 0.3 is 0 Å². The van der Waals surface area contributed by atoms with E-state index in [1.54, 1.807) is 0 Å². The minimum atomic E-state index is 0.706. The van der Waals surface area contributed by atoms with Gasteiger partial charge in [0.05, 0.1) is 19.6 Å². The third-order valence-corrected chi connectivity index (χ3v) is 8.74. The summed E-state index contributed by atoms with van der Waals surface area (Å²) in [6, 6.07) is 49.1. The van der Waals surface area contributed by atoms with E-state index >= 15 is 0 Å². The van der Waals surface area contributed by atoms with Crippen molar-refractivity contribution in [3.05, 3.63) is 156 Å². The molecule has 0 unspecified atom stereocenters. The van der Waals surface area contributed by atoms with Gasteiger partial charge in [0.25, 0.3) is 0 Å². The van der Waals surface area contributed by atoms with Crippen molar-refractivity contribution in [2.75, 3.05) is 39.3 Å². The molecule has 0 amide bonds. The molecular weight excluding hydrogens is 573 g/mol. The van der Waals surface area contributed by atoms with E-state index in [9.17, 15) is 0 Å². The highest BCUT2D eigenvalue weighted by molar-refractivity contribution is 6.14. The van der Waals surface area contributed by atoms with Crippen LogP contribution in [0.5, 0.6) is 0 Å². The smallest absolute Gasteiger partial charge is 0.0517 e. The second-order valence-corrected chi connectivity index (χ2v) is 11.8. The molecule has 0 radical (unpaired) electrons. The van der Waals surface area contributed by atoms with Crippen LogP contribution in [0.4, 0.5) is 0 Å². The van der Waals surface area contributed by atoms with Crippen LogP contribution in [0.2, 0.25) is 0 Å². The zero-order chi connectivity index (χ0) is 31.7. The van der Waals surface area contributed by atoms with Gasteiger partial charge in [-0.25, -0.2) is 0 Å². The number of nitrogens with zero attached hydrogens (tertiary/aromatic N) is 4. The van der Waals surface area contributed by atoms with Gasteiger partial charge in [-0.3, -0.25) is 19.9 Å².